The number of rotatable bonds is 0. The molecule has 0 spiro atoms. The van der Waals surface area contributed by atoms with Gasteiger partial charge in [-0.3, -0.25) is 0 Å². The summed E-state index contributed by atoms with van der Waals surface area (Å²) in [5.74, 6) is 0. The minimum atomic E-state index is 0. The topological polar surface area (TPSA) is 190 Å². The first kappa shape index (κ1) is 102. The molecule has 0 aromatic heterocycles. The Hall–Kier alpha value is -3.39. The summed E-state index contributed by atoms with van der Waals surface area (Å²) in [6, 6.07) is 0. The van der Waals surface area contributed by atoms with E-state index in [9.17, 15) is 0 Å². The van der Waals surface area contributed by atoms with E-state index < -0.39 is 0 Å². The molecule has 0 saturated heterocycles. The van der Waals surface area contributed by atoms with Crippen LogP contribution in [0.15, 0.2) is 0 Å². The third-order valence-corrected chi connectivity index (χ3v) is 0. The molecule has 0 N–H and O–H groups in total. The molecule has 0 aliphatic heterocycles. The average Bonchev–Trinajstić information content (AvgIpc) is 2.54. The van der Waals surface area contributed by atoms with Gasteiger partial charge in [0, 0.05) is 73.6 Å². The molecule has 17 heavy (non-hydrogen) atoms. The van der Waals surface area contributed by atoms with Crippen molar-refractivity contribution in [3.05, 3.63) is 0 Å². The van der Waals surface area contributed by atoms with Crippen molar-refractivity contribution in [3.8, 4) is 52.6 Å². The van der Waals surface area contributed by atoms with E-state index in [1.54, 1.807) is 0 Å². The van der Waals surface area contributed by atoms with Gasteiger partial charge in [-0.05, 0) is 0 Å². The number of hydrogen-bond donors (Lipinski definition) is 0. The summed E-state index contributed by atoms with van der Waals surface area (Å²) in [6.07, 6.45) is 0. The molecule has 0 amide bonds. The standard InChI is InChI=1S/8CHN.Mo/c8*1-2;/h8*1H;. The molecule has 0 radical (unpaired) electrons. The van der Waals surface area contributed by atoms with Gasteiger partial charge in [0.25, 0.3) is 0 Å². The van der Waals surface area contributed by atoms with Crippen molar-refractivity contribution >= 4 is 0 Å². The third kappa shape index (κ3) is 123. The van der Waals surface area contributed by atoms with Gasteiger partial charge in [0.15, 0.2) is 0 Å². The molecule has 0 rings (SSSR count). The van der Waals surface area contributed by atoms with Crippen molar-refractivity contribution in [2.24, 2.45) is 0 Å². The Bertz CT molecular complexity index is 132. The van der Waals surface area contributed by atoms with Gasteiger partial charge in [-0.25, -0.2) is 42.1 Å². The quantitative estimate of drug-likeness (QED) is 0.593. The van der Waals surface area contributed by atoms with Gasteiger partial charge < -0.3 is 0 Å². The maximum atomic E-state index is 6.50. The molecule has 0 fully saturated rings. The maximum Gasteiger partial charge on any atom is 0.0462 e. The van der Waals surface area contributed by atoms with Crippen molar-refractivity contribution in [1.82, 2.24) is 0 Å². The van der Waals surface area contributed by atoms with Crippen LogP contribution in [0, 0.1) is 94.7 Å². The van der Waals surface area contributed by atoms with Crippen LogP contribution in [0.25, 0.3) is 0 Å². The summed E-state index contributed by atoms with van der Waals surface area (Å²) in [6.45, 7) is 28.0. The van der Waals surface area contributed by atoms with Gasteiger partial charge in [-0.1, -0.05) is 0 Å². The molecule has 0 aromatic rings. The van der Waals surface area contributed by atoms with Crippen LogP contribution in [0.2, 0.25) is 0 Å². The average molecular weight is 312 g/mol. The Labute approximate surface area is 116 Å². The summed E-state index contributed by atoms with van der Waals surface area (Å²) in [5, 5.41) is 52.0. The first-order chi connectivity index (χ1) is 8.00. The van der Waals surface area contributed by atoms with E-state index in [0.717, 1.165) is 0 Å². The summed E-state index contributed by atoms with van der Waals surface area (Å²) in [4.78, 5) is 0. The second-order valence-corrected chi connectivity index (χ2v) is 0. The van der Waals surface area contributed by atoms with Gasteiger partial charge in [-0.15, -0.1) is 0 Å². The van der Waals surface area contributed by atoms with Crippen LogP contribution in [0.3, 0.4) is 0 Å². The normalized spacial score (nSPS) is 0.941. The molecule has 0 aromatic carbocycles. The van der Waals surface area contributed by atoms with Crippen LogP contribution < -0.4 is 0 Å². The zero-order valence-electron chi connectivity index (χ0n) is 8.60. The van der Waals surface area contributed by atoms with E-state index in [2.05, 4.69) is 52.6 Å². The minimum Gasteiger partial charge on any atom is -0.202 e. The van der Waals surface area contributed by atoms with Crippen molar-refractivity contribution in [1.29, 1.82) is 42.1 Å². The second kappa shape index (κ2) is 148. The molecule has 0 atom stereocenters. The van der Waals surface area contributed by atoms with Crippen LogP contribution >= 0.6 is 0 Å². The van der Waals surface area contributed by atoms with Crippen molar-refractivity contribution in [3.63, 3.8) is 0 Å². The molecule has 86 valence electrons. The van der Waals surface area contributed by atoms with E-state index in [0.29, 0.717) is 0 Å². The smallest absolute Gasteiger partial charge is 0.0462 e. The minimum absolute atomic E-state index is 0. The summed E-state index contributed by atoms with van der Waals surface area (Å²) in [5.41, 5.74) is 0. The Morgan fingerprint density at radius 2 is 0.235 bits per heavy atom. The van der Waals surface area contributed by atoms with E-state index in [1.165, 1.54) is 0 Å². The summed E-state index contributed by atoms with van der Waals surface area (Å²) < 4.78 is 0. The summed E-state index contributed by atoms with van der Waals surface area (Å²) >= 11 is 0. The van der Waals surface area contributed by atoms with Crippen LogP contribution in [0.4, 0.5) is 0 Å². The van der Waals surface area contributed by atoms with Gasteiger partial charge >= 0.3 is 0 Å². The second-order valence-electron chi connectivity index (χ2n) is 0. The predicted octanol–water partition coefficient (Wildman–Crippen LogP) is 1.12. The van der Waals surface area contributed by atoms with Gasteiger partial charge in [-0.2, -0.15) is 0 Å². The van der Waals surface area contributed by atoms with Crippen LogP contribution in [-0.4, -0.2) is 0 Å². The Morgan fingerprint density at radius 3 is 0.235 bits per heavy atom. The van der Waals surface area contributed by atoms with Crippen molar-refractivity contribution in [2.45, 2.75) is 0 Å². The van der Waals surface area contributed by atoms with Crippen LogP contribution in [0.1, 0.15) is 0 Å². The Morgan fingerprint density at radius 1 is 0.235 bits per heavy atom. The SMILES string of the molecule is C#N.C#N.C#N.C#N.C#N.C#N.C#N.C#N.[Mo]. The fourth-order valence-corrected chi connectivity index (χ4v) is 0. The maximum absolute atomic E-state index is 6.50. The fraction of sp³-hybridized carbons (Fsp3) is 0. The first-order valence-electron chi connectivity index (χ1n) is 2.07. The first-order valence-corrected chi connectivity index (χ1v) is 2.07. The monoisotopic (exact) mass is 314 g/mol. The van der Waals surface area contributed by atoms with E-state index in [1.807, 2.05) is 0 Å². The molecule has 0 aliphatic carbocycles. The molecule has 9 heteroatoms. The molecule has 0 bridgehead atoms. The summed E-state index contributed by atoms with van der Waals surface area (Å²) in [7, 11) is 0. The van der Waals surface area contributed by atoms with Crippen LogP contribution in [0.5, 0.6) is 0 Å². The number of hydrogen-bond acceptors (Lipinski definition) is 8. The molecule has 0 heterocycles. The van der Waals surface area contributed by atoms with Crippen molar-refractivity contribution in [2.75, 3.05) is 0 Å². The molecule has 0 saturated carbocycles. The van der Waals surface area contributed by atoms with E-state index in [-0.39, 0.29) is 21.1 Å². The van der Waals surface area contributed by atoms with Crippen molar-refractivity contribution < 1.29 is 21.1 Å². The predicted molar refractivity (Wildman–Crippen MR) is 53.4 cm³/mol. The molecule has 0 aliphatic rings. The molecular formula is C8H8MoN8. The Kier molecular flexibility index (Phi) is 885. The molecule has 8 nitrogen and oxygen atoms in total. The zero-order chi connectivity index (χ0) is 16.0. The largest absolute Gasteiger partial charge is 0.202 e. The van der Waals surface area contributed by atoms with Gasteiger partial charge in [0.05, 0.1) is 0 Å². The van der Waals surface area contributed by atoms with Gasteiger partial charge in [0.2, 0.25) is 0 Å². The molecule has 0 unspecified atom stereocenters. The zero-order valence-corrected chi connectivity index (χ0v) is 10.6. The fourth-order valence-electron chi connectivity index (χ4n) is 0. The third-order valence-electron chi connectivity index (χ3n) is 0. The van der Waals surface area contributed by atoms with E-state index in [4.69, 9.17) is 42.1 Å². The van der Waals surface area contributed by atoms with E-state index >= 15 is 0 Å². The van der Waals surface area contributed by atoms with Crippen LogP contribution in [-0.2, 0) is 21.1 Å². The van der Waals surface area contributed by atoms with Gasteiger partial charge in [0.1, 0.15) is 0 Å². The Balaban J connectivity index is -0.00000000610. The molecular weight excluding hydrogens is 304 g/mol. The number of nitrogens with zero attached hydrogens (tertiary/aromatic N) is 8. The number of nitriles is 8.